The van der Waals surface area contributed by atoms with Crippen molar-refractivity contribution in [2.45, 2.75) is 52.1 Å². The Kier molecular flexibility index (Phi) is 3.43. The quantitative estimate of drug-likeness (QED) is 0.842. The second kappa shape index (κ2) is 4.64. The highest BCUT2D eigenvalue weighted by Gasteiger charge is 2.42. The lowest BCUT2D eigenvalue weighted by Crippen LogP contribution is -2.56. The second-order valence-corrected chi connectivity index (χ2v) is 6.59. The van der Waals surface area contributed by atoms with Crippen LogP contribution in [0.5, 0.6) is 0 Å². The molecule has 0 aromatic heterocycles. The first-order chi connectivity index (χ1) is 8.74. The number of hydrogen-bond acceptors (Lipinski definition) is 2. The van der Waals surface area contributed by atoms with Crippen molar-refractivity contribution in [2.75, 3.05) is 11.4 Å². The molecule has 1 fully saturated rings. The Morgan fingerprint density at radius 2 is 1.68 bits per heavy atom. The largest absolute Gasteiger partial charge is 0.305 e. The van der Waals surface area contributed by atoms with Crippen LogP contribution in [0.15, 0.2) is 24.3 Å². The lowest BCUT2D eigenvalue weighted by atomic mass is 9.95. The predicted octanol–water partition coefficient (Wildman–Crippen LogP) is 2.88. The smallest absolute Gasteiger partial charge is 0.247 e. The molecule has 1 aliphatic rings. The third-order valence-corrected chi connectivity index (χ3v) is 3.94. The van der Waals surface area contributed by atoms with Gasteiger partial charge in [-0.25, -0.2) is 0 Å². The van der Waals surface area contributed by atoms with Crippen LogP contribution in [-0.4, -0.2) is 23.5 Å². The average molecular weight is 260 g/mol. The molecule has 1 amide bonds. The zero-order valence-corrected chi connectivity index (χ0v) is 12.6. The van der Waals surface area contributed by atoms with Gasteiger partial charge in [-0.15, -0.1) is 0 Å². The molecule has 0 atom stereocenters. The van der Waals surface area contributed by atoms with Crippen LogP contribution in [0, 0.1) is 6.92 Å². The van der Waals surface area contributed by atoms with Crippen LogP contribution >= 0.6 is 0 Å². The van der Waals surface area contributed by atoms with Gasteiger partial charge in [0.05, 0.1) is 5.54 Å². The number of rotatable bonds is 1. The molecule has 1 aliphatic heterocycles. The number of amides is 1. The summed E-state index contributed by atoms with van der Waals surface area (Å²) in [6, 6.07) is 8.20. The van der Waals surface area contributed by atoms with Crippen LogP contribution in [0.25, 0.3) is 0 Å². The Hall–Kier alpha value is -1.35. The number of nitrogens with one attached hydrogen (secondary N) is 1. The van der Waals surface area contributed by atoms with Gasteiger partial charge >= 0.3 is 0 Å². The minimum absolute atomic E-state index is 0.138. The SMILES string of the molecule is Cc1ccc(N2C(=O)C(C)(C)NCCC2(C)C)cc1. The molecule has 19 heavy (non-hydrogen) atoms. The van der Waals surface area contributed by atoms with Crippen molar-refractivity contribution in [3.8, 4) is 0 Å². The lowest BCUT2D eigenvalue weighted by Gasteiger charge is -2.39. The maximum atomic E-state index is 12.8. The minimum Gasteiger partial charge on any atom is -0.305 e. The van der Waals surface area contributed by atoms with Crippen LogP contribution in [0.4, 0.5) is 5.69 Å². The lowest BCUT2D eigenvalue weighted by molar-refractivity contribution is -0.124. The number of aryl methyl sites for hydroxylation is 1. The van der Waals surface area contributed by atoms with E-state index in [-0.39, 0.29) is 11.4 Å². The molecule has 0 aliphatic carbocycles. The molecule has 0 saturated carbocycles. The molecule has 1 heterocycles. The van der Waals surface area contributed by atoms with Crippen molar-refractivity contribution in [3.63, 3.8) is 0 Å². The average Bonchev–Trinajstić information content (AvgIpc) is 2.37. The van der Waals surface area contributed by atoms with Crippen molar-refractivity contribution in [1.29, 1.82) is 0 Å². The molecular formula is C16H24N2O. The summed E-state index contributed by atoms with van der Waals surface area (Å²) < 4.78 is 0. The summed E-state index contributed by atoms with van der Waals surface area (Å²) >= 11 is 0. The van der Waals surface area contributed by atoms with Gasteiger partial charge in [0, 0.05) is 11.2 Å². The fourth-order valence-corrected chi connectivity index (χ4v) is 2.58. The summed E-state index contributed by atoms with van der Waals surface area (Å²) in [5, 5.41) is 3.35. The van der Waals surface area contributed by atoms with Crippen LogP contribution in [0.3, 0.4) is 0 Å². The zero-order valence-electron chi connectivity index (χ0n) is 12.6. The third kappa shape index (κ3) is 2.66. The van der Waals surface area contributed by atoms with E-state index < -0.39 is 5.54 Å². The van der Waals surface area contributed by atoms with E-state index >= 15 is 0 Å². The summed E-state index contributed by atoms with van der Waals surface area (Å²) in [5.74, 6) is 0.138. The maximum absolute atomic E-state index is 12.8. The highest BCUT2D eigenvalue weighted by atomic mass is 16.2. The van der Waals surface area contributed by atoms with E-state index in [0.29, 0.717) is 0 Å². The fourth-order valence-electron chi connectivity index (χ4n) is 2.58. The third-order valence-electron chi connectivity index (χ3n) is 3.94. The Bertz CT molecular complexity index is 474. The first-order valence-corrected chi connectivity index (χ1v) is 6.90. The minimum atomic E-state index is -0.515. The van der Waals surface area contributed by atoms with Crippen molar-refractivity contribution in [3.05, 3.63) is 29.8 Å². The molecule has 1 N–H and O–H groups in total. The second-order valence-electron chi connectivity index (χ2n) is 6.59. The van der Waals surface area contributed by atoms with Gasteiger partial charge in [-0.3, -0.25) is 4.79 Å². The molecule has 0 radical (unpaired) electrons. The van der Waals surface area contributed by atoms with E-state index in [0.717, 1.165) is 18.7 Å². The summed E-state index contributed by atoms with van der Waals surface area (Å²) in [6.45, 7) is 11.1. The van der Waals surface area contributed by atoms with Crippen LogP contribution in [0.1, 0.15) is 39.7 Å². The Labute approximate surface area is 116 Å². The highest BCUT2D eigenvalue weighted by Crippen LogP contribution is 2.31. The van der Waals surface area contributed by atoms with E-state index in [9.17, 15) is 4.79 Å². The monoisotopic (exact) mass is 260 g/mol. The number of anilines is 1. The number of nitrogens with zero attached hydrogens (tertiary/aromatic N) is 1. The predicted molar refractivity (Wildman–Crippen MR) is 79.4 cm³/mol. The summed E-state index contributed by atoms with van der Waals surface area (Å²) in [6.07, 6.45) is 0.941. The van der Waals surface area contributed by atoms with Gasteiger partial charge in [-0.05, 0) is 59.7 Å². The Morgan fingerprint density at radius 3 is 2.26 bits per heavy atom. The summed E-state index contributed by atoms with van der Waals surface area (Å²) in [5.41, 5.74) is 1.50. The van der Waals surface area contributed by atoms with Crippen molar-refractivity contribution < 1.29 is 4.79 Å². The number of carbonyl (C=O) groups excluding carboxylic acids is 1. The first kappa shape index (κ1) is 14.1. The molecule has 104 valence electrons. The van der Waals surface area contributed by atoms with Gasteiger partial charge in [-0.2, -0.15) is 0 Å². The molecule has 3 nitrogen and oxygen atoms in total. The molecule has 0 bridgehead atoms. The molecule has 1 aromatic carbocycles. The van der Waals surface area contributed by atoms with Gasteiger partial charge in [0.25, 0.3) is 0 Å². The standard InChI is InChI=1S/C16H24N2O/c1-12-6-8-13(9-7-12)18-14(19)16(4,5)17-11-10-15(18,2)3/h6-9,17H,10-11H2,1-5H3. The molecule has 0 spiro atoms. The highest BCUT2D eigenvalue weighted by molar-refractivity contribution is 6.01. The number of hydrogen-bond donors (Lipinski definition) is 1. The molecular weight excluding hydrogens is 236 g/mol. The topological polar surface area (TPSA) is 32.3 Å². The van der Waals surface area contributed by atoms with E-state index in [1.807, 2.05) is 30.9 Å². The van der Waals surface area contributed by atoms with E-state index in [2.05, 4.69) is 38.2 Å². The van der Waals surface area contributed by atoms with Crippen LogP contribution in [-0.2, 0) is 4.79 Å². The Morgan fingerprint density at radius 1 is 1.11 bits per heavy atom. The van der Waals surface area contributed by atoms with Gasteiger partial charge in [-0.1, -0.05) is 17.7 Å². The number of benzene rings is 1. The molecule has 2 rings (SSSR count). The fraction of sp³-hybridized carbons (Fsp3) is 0.562. The summed E-state index contributed by atoms with van der Waals surface area (Å²) in [7, 11) is 0. The normalized spacial score (nSPS) is 22.2. The van der Waals surface area contributed by atoms with Crippen molar-refractivity contribution in [1.82, 2.24) is 5.32 Å². The Balaban J connectivity index is 2.47. The molecule has 3 heteroatoms. The maximum Gasteiger partial charge on any atom is 0.247 e. The number of carbonyl (C=O) groups is 1. The van der Waals surface area contributed by atoms with E-state index in [4.69, 9.17) is 0 Å². The molecule has 0 unspecified atom stereocenters. The van der Waals surface area contributed by atoms with Gasteiger partial charge < -0.3 is 10.2 Å². The van der Waals surface area contributed by atoms with Crippen LogP contribution in [0.2, 0.25) is 0 Å². The van der Waals surface area contributed by atoms with E-state index in [1.54, 1.807) is 0 Å². The van der Waals surface area contributed by atoms with Crippen molar-refractivity contribution in [2.24, 2.45) is 0 Å². The van der Waals surface area contributed by atoms with Gasteiger partial charge in [0.2, 0.25) is 5.91 Å². The van der Waals surface area contributed by atoms with Gasteiger partial charge in [0.1, 0.15) is 0 Å². The van der Waals surface area contributed by atoms with Crippen molar-refractivity contribution >= 4 is 11.6 Å². The van der Waals surface area contributed by atoms with Crippen LogP contribution < -0.4 is 10.2 Å². The molecule has 1 saturated heterocycles. The zero-order chi connectivity index (χ0) is 14.3. The first-order valence-electron chi connectivity index (χ1n) is 6.90. The summed E-state index contributed by atoms with van der Waals surface area (Å²) in [4.78, 5) is 14.8. The molecule has 1 aromatic rings. The van der Waals surface area contributed by atoms with Gasteiger partial charge in [0.15, 0.2) is 0 Å². The van der Waals surface area contributed by atoms with E-state index in [1.165, 1.54) is 5.56 Å².